The second-order valence-corrected chi connectivity index (χ2v) is 8.84. The van der Waals surface area contributed by atoms with Gasteiger partial charge in [0.2, 0.25) is 0 Å². The van der Waals surface area contributed by atoms with Gasteiger partial charge in [-0.15, -0.1) is 0 Å². The van der Waals surface area contributed by atoms with Crippen LogP contribution in [0.4, 0.5) is 5.82 Å². The zero-order chi connectivity index (χ0) is 20.8. The van der Waals surface area contributed by atoms with Crippen molar-refractivity contribution < 1.29 is 9.47 Å². The van der Waals surface area contributed by atoms with Crippen LogP contribution >= 0.6 is 0 Å². The van der Waals surface area contributed by atoms with Gasteiger partial charge in [0.1, 0.15) is 23.0 Å². The van der Waals surface area contributed by atoms with Gasteiger partial charge in [-0.3, -0.25) is 0 Å². The number of nitrogens with zero attached hydrogens (tertiary/aromatic N) is 4. The maximum Gasteiger partial charge on any atom is 0.157 e. The maximum atomic E-state index is 5.58. The van der Waals surface area contributed by atoms with Crippen molar-refractivity contribution in [1.82, 2.24) is 24.9 Å². The van der Waals surface area contributed by atoms with Gasteiger partial charge in [0.15, 0.2) is 5.65 Å². The number of hydrogen-bond acceptors (Lipinski definition) is 7. The highest BCUT2D eigenvalue weighted by molar-refractivity contribution is 5.64. The van der Waals surface area contributed by atoms with E-state index in [-0.39, 0.29) is 0 Å². The lowest BCUT2D eigenvalue weighted by Crippen LogP contribution is -2.39. The predicted molar refractivity (Wildman–Crippen MR) is 118 cm³/mol. The predicted octanol–water partition coefficient (Wildman–Crippen LogP) is 2.96. The topological polar surface area (TPSA) is 85.6 Å². The molecule has 3 aromatic rings. The van der Waals surface area contributed by atoms with Crippen molar-refractivity contribution in [3.05, 3.63) is 35.7 Å². The van der Waals surface area contributed by atoms with Crippen LogP contribution < -0.4 is 15.4 Å². The monoisotopic (exact) mass is 420 g/mol. The van der Waals surface area contributed by atoms with Gasteiger partial charge in [-0.1, -0.05) is 6.07 Å². The largest absolute Gasteiger partial charge is 0.495 e. The Balaban J connectivity index is 1.40. The molecule has 0 bridgehead atoms. The average Bonchev–Trinajstić information content (AvgIpc) is 3.53. The van der Waals surface area contributed by atoms with E-state index in [2.05, 4.69) is 27.8 Å². The molecular weight excluding hydrogens is 392 g/mol. The summed E-state index contributed by atoms with van der Waals surface area (Å²) < 4.78 is 12.9. The molecule has 3 aliphatic rings. The van der Waals surface area contributed by atoms with Gasteiger partial charge in [0, 0.05) is 36.1 Å². The summed E-state index contributed by atoms with van der Waals surface area (Å²) in [4.78, 5) is 9.65. The summed E-state index contributed by atoms with van der Waals surface area (Å²) in [6, 6.07) is 6.65. The molecule has 6 rings (SSSR count). The molecule has 2 saturated heterocycles. The molecule has 8 heteroatoms. The van der Waals surface area contributed by atoms with E-state index in [9.17, 15) is 0 Å². The Kier molecular flexibility index (Phi) is 4.76. The normalized spacial score (nSPS) is 21.8. The first-order chi connectivity index (χ1) is 15.3. The van der Waals surface area contributed by atoms with E-state index in [1.54, 1.807) is 7.11 Å². The van der Waals surface area contributed by atoms with Crippen molar-refractivity contribution in [1.29, 1.82) is 0 Å². The van der Waals surface area contributed by atoms with Crippen LogP contribution in [0.2, 0.25) is 0 Å². The Hall–Kier alpha value is -2.71. The number of pyridine rings is 1. The number of rotatable bonds is 6. The summed E-state index contributed by atoms with van der Waals surface area (Å²) >= 11 is 0. The van der Waals surface area contributed by atoms with Crippen LogP contribution in [-0.2, 0) is 4.74 Å². The summed E-state index contributed by atoms with van der Waals surface area (Å²) in [5.74, 6) is 2.68. The molecule has 2 N–H and O–H groups in total. The van der Waals surface area contributed by atoms with Crippen LogP contribution in [0.1, 0.15) is 48.8 Å². The number of ether oxygens (including phenoxy) is 2. The van der Waals surface area contributed by atoms with Crippen molar-refractivity contribution in [3.63, 3.8) is 0 Å². The van der Waals surface area contributed by atoms with Crippen LogP contribution in [0.15, 0.2) is 24.4 Å². The van der Waals surface area contributed by atoms with Crippen LogP contribution in [0.25, 0.3) is 17.0 Å². The fourth-order valence-electron chi connectivity index (χ4n) is 4.53. The third-order valence-corrected chi connectivity index (χ3v) is 6.57. The van der Waals surface area contributed by atoms with Crippen molar-refractivity contribution in [2.24, 2.45) is 0 Å². The van der Waals surface area contributed by atoms with Gasteiger partial charge in [-0.2, -0.15) is 5.10 Å². The number of aromatic nitrogens is 4. The van der Waals surface area contributed by atoms with Crippen LogP contribution in [-0.4, -0.2) is 59.0 Å². The van der Waals surface area contributed by atoms with Gasteiger partial charge < -0.3 is 20.1 Å². The number of methoxy groups -OCH3 is 1. The molecule has 8 nitrogen and oxygen atoms in total. The van der Waals surface area contributed by atoms with Crippen LogP contribution in [0.5, 0.6) is 5.75 Å². The second-order valence-electron chi connectivity index (χ2n) is 8.84. The molecule has 1 aliphatic carbocycles. The zero-order valence-corrected chi connectivity index (χ0v) is 17.8. The third-order valence-electron chi connectivity index (χ3n) is 6.57. The Morgan fingerprint density at radius 1 is 1.19 bits per heavy atom. The van der Waals surface area contributed by atoms with Gasteiger partial charge in [-0.05, 0) is 38.3 Å². The second kappa shape index (κ2) is 7.76. The molecule has 1 saturated carbocycles. The van der Waals surface area contributed by atoms with E-state index in [0.717, 1.165) is 67.0 Å². The molecular formula is C23H28N6O2. The first kappa shape index (κ1) is 19.0. The number of imidazole rings is 1. The summed E-state index contributed by atoms with van der Waals surface area (Å²) in [7, 11) is 1.70. The lowest BCUT2D eigenvalue weighted by atomic mass is 9.97. The van der Waals surface area contributed by atoms with Crippen LogP contribution in [0.3, 0.4) is 0 Å². The number of hydrogen-bond donors (Lipinski definition) is 2. The first-order valence-electron chi connectivity index (χ1n) is 11.3. The van der Waals surface area contributed by atoms with E-state index in [0.29, 0.717) is 17.9 Å². The van der Waals surface area contributed by atoms with E-state index in [1.807, 2.05) is 16.8 Å². The molecule has 3 fully saturated rings. The van der Waals surface area contributed by atoms with Gasteiger partial charge in [0.25, 0.3) is 0 Å². The highest BCUT2D eigenvalue weighted by Gasteiger charge is 2.30. The number of fused-ring (bicyclic) bond motifs is 1. The highest BCUT2D eigenvalue weighted by atomic mass is 16.5. The number of piperidine rings is 1. The minimum absolute atomic E-state index is 0.391. The number of anilines is 1. The Labute approximate surface area is 181 Å². The van der Waals surface area contributed by atoms with E-state index >= 15 is 0 Å². The molecule has 3 aromatic heterocycles. The lowest BCUT2D eigenvalue weighted by molar-refractivity contribution is 0.00856. The van der Waals surface area contributed by atoms with Gasteiger partial charge in [-0.25, -0.2) is 14.5 Å². The van der Waals surface area contributed by atoms with E-state index < -0.39 is 0 Å². The SMILES string of the molecule is COc1cc2ncc(-c3ccc(C4COC4)c(N[C@@H]4CCCNC4)n3)n2nc1C1CC1. The summed E-state index contributed by atoms with van der Waals surface area (Å²) in [6.45, 7) is 3.59. The molecule has 1 atom stereocenters. The quantitative estimate of drug-likeness (QED) is 0.634. The summed E-state index contributed by atoms with van der Waals surface area (Å²) in [5.41, 5.74) is 4.82. The highest BCUT2D eigenvalue weighted by Crippen LogP contribution is 2.43. The maximum absolute atomic E-state index is 5.58. The first-order valence-corrected chi connectivity index (χ1v) is 11.3. The molecule has 5 heterocycles. The Bertz CT molecular complexity index is 1100. The summed E-state index contributed by atoms with van der Waals surface area (Å²) in [5, 5.41) is 12.1. The Morgan fingerprint density at radius 3 is 2.81 bits per heavy atom. The molecule has 2 aliphatic heterocycles. The average molecular weight is 421 g/mol. The lowest BCUT2D eigenvalue weighted by Gasteiger charge is -2.30. The molecule has 0 amide bonds. The zero-order valence-electron chi connectivity index (χ0n) is 17.8. The molecule has 0 aromatic carbocycles. The van der Waals surface area contributed by atoms with E-state index in [4.69, 9.17) is 19.6 Å². The molecule has 0 unspecified atom stereocenters. The smallest absolute Gasteiger partial charge is 0.157 e. The van der Waals surface area contributed by atoms with Gasteiger partial charge >= 0.3 is 0 Å². The Morgan fingerprint density at radius 2 is 2.10 bits per heavy atom. The molecule has 162 valence electrons. The molecule has 0 spiro atoms. The number of nitrogens with one attached hydrogen (secondary N) is 2. The van der Waals surface area contributed by atoms with Gasteiger partial charge in [0.05, 0.1) is 32.2 Å². The van der Waals surface area contributed by atoms with Crippen LogP contribution in [0, 0.1) is 0 Å². The molecule has 0 radical (unpaired) electrons. The third kappa shape index (κ3) is 3.53. The minimum Gasteiger partial charge on any atom is -0.495 e. The standard InChI is InChI=1S/C23H28N6O2/c1-30-20-9-21-25-11-19(29(21)28-22(20)14-4-5-14)18-7-6-17(15-12-31-13-15)23(27-18)26-16-3-2-8-24-10-16/h6-7,9,11,14-16,24H,2-5,8,10,12-13H2,1H3,(H,26,27)/t16-/m1/s1. The summed E-state index contributed by atoms with van der Waals surface area (Å²) in [6.07, 6.45) is 6.53. The fourth-order valence-corrected chi connectivity index (χ4v) is 4.53. The van der Waals surface area contributed by atoms with Crippen molar-refractivity contribution >= 4 is 11.5 Å². The fraction of sp³-hybridized carbons (Fsp3) is 0.522. The van der Waals surface area contributed by atoms with E-state index in [1.165, 1.54) is 24.8 Å². The minimum atomic E-state index is 0.391. The van der Waals surface area contributed by atoms with Crippen molar-refractivity contribution in [2.45, 2.75) is 43.6 Å². The van der Waals surface area contributed by atoms with Crippen molar-refractivity contribution in [3.8, 4) is 17.1 Å². The molecule has 31 heavy (non-hydrogen) atoms. The van der Waals surface area contributed by atoms with Crippen molar-refractivity contribution in [2.75, 3.05) is 38.7 Å².